The Bertz CT molecular complexity index is 747. The van der Waals surface area contributed by atoms with Gasteiger partial charge in [-0.25, -0.2) is 18.2 Å². The molecule has 0 saturated carbocycles. The number of morpholine rings is 1. The van der Waals surface area contributed by atoms with Gasteiger partial charge in [0.05, 0.1) is 31.1 Å². The van der Waals surface area contributed by atoms with Crippen LogP contribution in [-0.4, -0.2) is 67.5 Å². The van der Waals surface area contributed by atoms with Crippen LogP contribution in [0.3, 0.4) is 0 Å². The first-order valence-corrected chi connectivity index (χ1v) is 11.9. The molecular formula is C17H26BrClN2O5S. The summed E-state index contributed by atoms with van der Waals surface area (Å²) in [5, 5.41) is 0.437. The number of hydrogen-bond acceptors (Lipinski definition) is 6. The van der Waals surface area contributed by atoms with E-state index in [1.165, 1.54) is 4.90 Å². The second-order valence-corrected chi connectivity index (χ2v) is 11.4. The summed E-state index contributed by atoms with van der Waals surface area (Å²) in [6.07, 6.45) is 1.49. The quantitative estimate of drug-likeness (QED) is 0.573. The molecule has 0 aromatic rings. The third kappa shape index (κ3) is 6.73. The van der Waals surface area contributed by atoms with Crippen LogP contribution in [0.5, 0.6) is 0 Å². The summed E-state index contributed by atoms with van der Waals surface area (Å²) < 4.78 is 35.7. The molecule has 2 aliphatic rings. The van der Waals surface area contributed by atoms with Gasteiger partial charge in [-0.3, -0.25) is 0 Å². The van der Waals surface area contributed by atoms with Gasteiger partial charge in [-0.1, -0.05) is 18.5 Å². The van der Waals surface area contributed by atoms with Crippen molar-refractivity contribution in [3.8, 4) is 0 Å². The summed E-state index contributed by atoms with van der Waals surface area (Å²) in [4.78, 5) is 18.3. The van der Waals surface area contributed by atoms with Gasteiger partial charge in [-0.05, 0) is 42.8 Å². The Labute approximate surface area is 174 Å². The molecule has 27 heavy (non-hydrogen) atoms. The van der Waals surface area contributed by atoms with E-state index in [1.807, 2.05) is 13.0 Å². The van der Waals surface area contributed by atoms with Gasteiger partial charge >= 0.3 is 6.09 Å². The molecule has 0 radical (unpaired) electrons. The minimum Gasteiger partial charge on any atom is -0.444 e. The van der Waals surface area contributed by atoms with Gasteiger partial charge in [0.25, 0.3) is 0 Å². The highest BCUT2D eigenvalue weighted by molar-refractivity contribution is 9.11. The number of sulfone groups is 1. The van der Waals surface area contributed by atoms with Crippen molar-refractivity contribution in [2.75, 3.05) is 25.1 Å². The molecule has 1 fully saturated rings. The van der Waals surface area contributed by atoms with Crippen LogP contribution in [0, 0.1) is 11.8 Å². The largest absolute Gasteiger partial charge is 0.444 e. The smallest absolute Gasteiger partial charge is 0.410 e. The van der Waals surface area contributed by atoms with Crippen LogP contribution in [0.25, 0.3) is 0 Å². The summed E-state index contributed by atoms with van der Waals surface area (Å²) in [5.41, 5.74) is -0.645. The lowest BCUT2D eigenvalue weighted by atomic mass is 9.87. The van der Waals surface area contributed by atoms with Gasteiger partial charge in [-0.2, -0.15) is 0 Å². The third-order valence-corrected chi connectivity index (χ3v) is 6.11. The van der Waals surface area contributed by atoms with E-state index in [-0.39, 0.29) is 30.7 Å². The molecule has 0 aliphatic carbocycles. The van der Waals surface area contributed by atoms with Crippen LogP contribution in [0.4, 0.5) is 4.79 Å². The van der Waals surface area contributed by atoms with E-state index in [2.05, 4.69) is 20.9 Å². The Morgan fingerprint density at radius 1 is 1.44 bits per heavy atom. The number of nitrogens with zero attached hydrogens (tertiary/aromatic N) is 2. The molecule has 2 aliphatic heterocycles. The second-order valence-electron chi connectivity index (χ2n) is 8.06. The monoisotopic (exact) mass is 484 g/mol. The van der Waals surface area contributed by atoms with Gasteiger partial charge in [0.1, 0.15) is 25.2 Å². The molecule has 1 saturated heterocycles. The van der Waals surface area contributed by atoms with Crippen molar-refractivity contribution in [2.45, 2.75) is 45.5 Å². The lowest BCUT2D eigenvalue weighted by Crippen LogP contribution is -2.55. The number of aliphatic imine (C=N–C) groups is 1. The number of hydrogen-bond donors (Lipinski definition) is 0. The maximum Gasteiger partial charge on any atom is 0.410 e. The van der Waals surface area contributed by atoms with Crippen LogP contribution in [-0.2, 0) is 19.3 Å². The molecule has 2 heterocycles. The van der Waals surface area contributed by atoms with Crippen molar-refractivity contribution in [3.63, 3.8) is 0 Å². The Hall–Kier alpha value is -0.640. The van der Waals surface area contributed by atoms with Crippen LogP contribution in [0.1, 0.15) is 27.7 Å². The van der Waals surface area contributed by atoms with Crippen LogP contribution in [0.15, 0.2) is 15.7 Å². The van der Waals surface area contributed by atoms with E-state index >= 15 is 0 Å². The summed E-state index contributed by atoms with van der Waals surface area (Å²) in [6.45, 7) is 7.73. The zero-order chi connectivity index (χ0) is 20.6. The Balaban J connectivity index is 2.25. The number of carbonyl (C=O) groups is 1. The Morgan fingerprint density at radius 3 is 2.63 bits per heavy atom. The number of amides is 1. The Morgan fingerprint density at radius 2 is 2.07 bits per heavy atom. The van der Waals surface area contributed by atoms with Gasteiger partial charge < -0.3 is 14.4 Å². The van der Waals surface area contributed by atoms with Crippen molar-refractivity contribution in [2.24, 2.45) is 16.8 Å². The minimum atomic E-state index is -3.28. The average Bonchev–Trinajstić information content (AvgIpc) is 2.47. The molecular weight excluding hydrogens is 460 g/mol. The Kier molecular flexibility index (Phi) is 7.03. The highest BCUT2D eigenvalue weighted by Crippen LogP contribution is 2.34. The van der Waals surface area contributed by atoms with Gasteiger partial charge in [0.2, 0.25) is 0 Å². The SMILES string of the molecule is CC1C(Cl)=NC(Br)=CC1[C@@H]1CN(C(=O)OC(C)(C)C)C[C@@H](CS(C)(=O)=O)O1. The molecule has 0 bridgehead atoms. The van der Waals surface area contributed by atoms with Crippen LogP contribution < -0.4 is 0 Å². The maximum atomic E-state index is 12.6. The number of ether oxygens (including phenoxy) is 2. The fourth-order valence-corrected chi connectivity index (χ4v) is 4.82. The zero-order valence-corrected chi connectivity index (χ0v) is 19.3. The summed E-state index contributed by atoms with van der Waals surface area (Å²) in [5.74, 6) is -0.441. The first kappa shape index (κ1) is 22.6. The maximum absolute atomic E-state index is 12.6. The lowest BCUT2D eigenvalue weighted by molar-refractivity contribution is -0.0962. The van der Waals surface area contributed by atoms with Crippen LogP contribution in [0.2, 0.25) is 0 Å². The standard InChI is InChI=1S/C17H26BrClN2O5S/c1-10-12(6-14(18)20-15(10)19)13-8-21(16(22)26-17(2,3)4)7-11(25-13)9-27(5,23)24/h6,10-13H,7-9H2,1-5H3/t10?,11-,12?,13-/m0/s1. The highest BCUT2D eigenvalue weighted by Gasteiger charge is 2.40. The first-order chi connectivity index (χ1) is 12.2. The number of carbonyl (C=O) groups excluding carboxylic acids is 1. The molecule has 10 heteroatoms. The number of halogens is 2. The third-order valence-electron chi connectivity index (χ3n) is 4.26. The van der Waals surface area contributed by atoms with E-state index in [1.54, 1.807) is 20.8 Å². The van der Waals surface area contributed by atoms with E-state index < -0.39 is 33.7 Å². The molecule has 4 atom stereocenters. The average molecular weight is 486 g/mol. The highest BCUT2D eigenvalue weighted by atomic mass is 79.9. The van der Waals surface area contributed by atoms with E-state index in [4.69, 9.17) is 21.1 Å². The molecule has 0 spiro atoms. The van der Waals surface area contributed by atoms with E-state index in [9.17, 15) is 13.2 Å². The zero-order valence-electron chi connectivity index (χ0n) is 16.1. The summed E-state index contributed by atoms with van der Waals surface area (Å²) >= 11 is 9.57. The van der Waals surface area contributed by atoms with Crippen molar-refractivity contribution in [1.82, 2.24) is 4.90 Å². The summed E-state index contributed by atoms with van der Waals surface area (Å²) in [6, 6.07) is 0. The fourth-order valence-electron chi connectivity index (χ4n) is 3.12. The molecule has 154 valence electrons. The van der Waals surface area contributed by atoms with Gasteiger partial charge in [-0.15, -0.1) is 0 Å². The second kappa shape index (κ2) is 8.39. The van der Waals surface area contributed by atoms with Gasteiger partial charge in [0.15, 0.2) is 0 Å². The molecule has 0 aromatic heterocycles. The molecule has 0 N–H and O–H groups in total. The van der Waals surface area contributed by atoms with Gasteiger partial charge in [0, 0.05) is 18.1 Å². The lowest BCUT2D eigenvalue weighted by Gasteiger charge is -2.42. The summed E-state index contributed by atoms with van der Waals surface area (Å²) in [7, 11) is -3.28. The van der Waals surface area contributed by atoms with E-state index in [0.29, 0.717) is 9.78 Å². The predicted molar refractivity (Wildman–Crippen MR) is 109 cm³/mol. The van der Waals surface area contributed by atoms with Crippen molar-refractivity contribution in [3.05, 3.63) is 10.7 Å². The predicted octanol–water partition coefficient (Wildman–Crippen LogP) is 3.18. The molecule has 7 nitrogen and oxygen atoms in total. The van der Waals surface area contributed by atoms with Crippen LogP contribution >= 0.6 is 27.5 Å². The normalized spacial score (nSPS) is 29.8. The molecule has 2 rings (SSSR count). The molecule has 0 aromatic carbocycles. The number of rotatable bonds is 3. The molecule has 1 amide bonds. The first-order valence-electron chi connectivity index (χ1n) is 8.67. The fraction of sp³-hybridized carbons (Fsp3) is 0.765. The van der Waals surface area contributed by atoms with Crippen molar-refractivity contribution < 1.29 is 22.7 Å². The van der Waals surface area contributed by atoms with Crippen molar-refractivity contribution >= 4 is 48.6 Å². The van der Waals surface area contributed by atoms with E-state index in [0.717, 1.165) is 6.26 Å². The molecule has 2 unspecified atom stereocenters. The van der Waals surface area contributed by atoms with Crippen molar-refractivity contribution in [1.29, 1.82) is 0 Å². The minimum absolute atomic E-state index is 0.115. The topological polar surface area (TPSA) is 85.3 Å².